The number of Topliss-reactive ketones (excluding diaryl/α,β-unsaturated/α-hetero) is 1. The van der Waals surface area contributed by atoms with E-state index in [-0.39, 0.29) is 34.0 Å². The third-order valence-electron chi connectivity index (χ3n) is 6.92. The lowest BCUT2D eigenvalue weighted by Gasteiger charge is -2.41. The standard InChI is InChI=1S/C22H30Br2N2O2.2BrH/c1-16-18(23)12-17-20(19(16)24)28-15-22(21(17)27,13-25-8-4-2-5-9-25)14-26-10-6-3-7-11-26;;/h12H,2-11,13-15H2,1H3;2*1H. The van der Waals surface area contributed by atoms with Gasteiger partial charge in [-0.15, -0.1) is 0 Å². The molecule has 30 heavy (non-hydrogen) atoms. The molecule has 0 aromatic heterocycles. The monoisotopic (exact) mass is 672 g/mol. The van der Waals surface area contributed by atoms with Gasteiger partial charge in [0.15, 0.2) is 11.2 Å². The number of ether oxygens (including phenoxy) is 1. The molecule has 3 heterocycles. The molecular formula is C22H32Br4N2O2. The minimum atomic E-state index is -0.402. The van der Waals surface area contributed by atoms with Crippen molar-refractivity contribution in [2.75, 3.05) is 45.9 Å². The van der Waals surface area contributed by atoms with Crippen molar-refractivity contribution in [3.05, 3.63) is 26.1 Å². The van der Waals surface area contributed by atoms with E-state index >= 15 is 0 Å². The van der Waals surface area contributed by atoms with E-state index in [1.165, 1.54) is 64.7 Å². The minimum absolute atomic E-state index is 0. The molecule has 0 aliphatic carbocycles. The van der Waals surface area contributed by atoms with E-state index in [4.69, 9.17) is 4.74 Å². The van der Waals surface area contributed by atoms with Crippen LogP contribution in [0.15, 0.2) is 15.0 Å². The first-order valence-corrected chi connectivity index (χ1v) is 12.4. The van der Waals surface area contributed by atoms with Gasteiger partial charge in [-0.2, -0.15) is 0 Å². The lowest BCUT2D eigenvalue weighted by molar-refractivity contribution is -0.933. The molecule has 3 aliphatic heterocycles. The highest BCUT2D eigenvalue weighted by Gasteiger charge is 2.51. The zero-order valence-corrected chi connectivity index (χ0v) is 23.9. The first-order valence-electron chi connectivity index (χ1n) is 10.8. The Balaban J connectivity index is 0.00000160. The van der Waals surface area contributed by atoms with E-state index in [0.29, 0.717) is 12.4 Å². The van der Waals surface area contributed by atoms with Gasteiger partial charge in [0.1, 0.15) is 12.4 Å². The molecule has 1 aromatic carbocycles. The SMILES string of the molecule is Cc1c(Br)cc2c(c1Br)OCC(C[NH+]1CCCCC1)(C[NH+]1CCCCC1)C2=O.[Br-].[Br-]. The Hall–Kier alpha value is 0.530. The Morgan fingerprint density at radius 2 is 1.43 bits per heavy atom. The fraction of sp³-hybridized carbons (Fsp3) is 0.682. The predicted octanol–water partition coefficient (Wildman–Crippen LogP) is -3.77. The number of hydrogen-bond donors (Lipinski definition) is 2. The Morgan fingerprint density at radius 3 is 1.93 bits per heavy atom. The van der Waals surface area contributed by atoms with Gasteiger partial charge < -0.3 is 48.5 Å². The minimum Gasteiger partial charge on any atom is -1.00 e. The number of fused-ring (bicyclic) bond motifs is 1. The average molecular weight is 676 g/mol. The van der Waals surface area contributed by atoms with Crippen molar-refractivity contribution < 1.29 is 53.3 Å². The summed E-state index contributed by atoms with van der Waals surface area (Å²) in [6.07, 6.45) is 7.79. The third kappa shape index (κ3) is 5.53. The Labute approximate surface area is 218 Å². The van der Waals surface area contributed by atoms with Gasteiger partial charge in [0, 0.05) is 4.47 Å². The van der Waals surface area contributed by atoms with Gasteiger partial charge in [0.2, 0.25) is 0 Å². The number of halogens is 4. The fourth-order valence-electron chi connectivity index (χ4n) is 5.30. The van der Waals surface area contributed by atoms with Crippen molar-refractivity contribution in [3.8, 4) is 5.75 Å². The molecule has 4 nitrogen and oxygen atoms in total. The summed E-state index contributed by atoms with van der Waals surface area (Å²) >= 11 is 7.30. The van der Waals surface area contributed by atoms with Crippen LogP contribution in [0.25, 0.3) is 0 Å². The molecule has 1 aromatic rings. The Morgan fingerprint density at radius 1 is 0.933 bits per heavy atom. The first-order chi connectivity index (χ1) is 13.5. The van der Waals surface area contributed by atoms with Gasteiger partial charge in [0.25, 0.3) is 0 Å². The molecule has 3 aliphatic rings. The van der Waals surface area contributed by atoms with Crippen LogP contribution in [0.2, 0.25) is 0 Å². The Kier molecular flexibility index (Phi) is 10.4. The molecule has 4 rings (SSSR count). The number of piperidine rings is 2. The van der Waals surface area contributed by atoms with Crippen LogP contribution in [0.5, 0.6) is 5.75 Å². The number of ketones is 1. The molecule has 0 amide bonds. The van der Waals surface area contributed by atoms with Gasteiger partial charge in [-0.05, 0) is 73.0 Å². The number of hydrogen-bond acceptors (Lipinski definition) is 2. The average Bonchev–Trinajstić information content (AvgIpc) is 2.71. The lowest BCUT2D eigenvalue weighted by Crippen LogP contribution is -3.18. The largest absolute Gasteiger partial charge is 1.00 e. The quantitative estimate of drug-likeness (QED) is 0.344. The molecule has 0 saturated carbocycles. The highest BCUT2D eigenvalue weighted by atomic mass is 79.9. The molecule has 2 fully saturated rings. The van der Waals surface area contributed by atoms with Gasteiger partial charge in [0.05, 0.1) is 49.3 Å². The maximum absolute atomic E-state index is 14.0. The molecule has 0 unspecified atom stereocenters. The van der Waals surface area contributed by atoms with Crippen molar-refractivity contribution in [2.24, 2.45) is 5.41 Å². The smallest absolute Gasteiger partial charge is 0.187 e. The van der Waals surface area contributed by atoms with Crippen molar-refractivity contribution >= 4 is 37.6 Å². The first kappa shape index (κ1) is 26.8. The topological polar surface area (TPSA) is 35.2 Å². The highest BCUT2D eigenvalue weighted by molar-refractivity contribution is 9.11. The predicted molar refractivity (Wildman–Crippen MR) is 118 cm³/mol. The molecule has 170 valence electrons. The molecule has 0 atom stereocenters. The van der Waals surface area contributed by atoms with Crippen LogP contribution in [-0.4, -0.2) is 51.7 Å². The van der Waals surface area contributed by atoms with E-state index in [1.54, 1.807) is 9.80 Å². The molecule has 0 radical (unpaired) electrons. The van der Waals surface area contributed by atoms with Crippen LogP contribution >= 0.6 is 31.9 Å². The summed E-state index contributed by atoms with van der Waals surface area (Å²) in [7, 11) is 0. The summed E-state index contributed by atoms with van der Waals surface area (Å²) in [5, 5.41) is 0. The number of carbonyl (C=O) groups is 1. The molecule has 2 N–H and O–H groups in total. The number of quaternary nitrogens is 2. The van der Waals surface area contributed by atoms with Crippen LogP contribution in [0.4, 0.5) is 0 Å². The molecule has 0 spiro atoms. The van der Waals surface area contributed by atoms with Crippen molar-refractivity contribution in [1.29, 1.82) is 0 Å². The van der Waals surface area contributed by atoms with Crippen LogP contribution in [0.1, 0.15) is 54.4 Å². The number of rotatable bonds is 4. The van der Waals surface area contributed by atoms with Crippen LogP contribution < -0.4 is 48.5 Å². The molecule has 2 saturated heterocycles. The summed E-state index contributed by atoms with van der Waals surface area (Å²) in [4.78, 5) is 17.1. The summed E-state index contributed by atoms with van der Waals surface area (Å²) in [6, 6.07) is 1.99. The zero-order chi connectivity index (χ0) is 19.7. The van der Waals surface area contributed by atoms with E-state index in [1.807, 2.05) is 13.0 Å². The normalized spacial score (nSPS) is 21.8. The summed E-state index contributed by atoms with van der Waals surface area (Å²) in [6.45, 7) is 9.16. The summed E-state index contributed by atoms with van der Waals surface area (Å²) in [5.74, 6) is 1.04. The van der Waals surface area contributed by atoms with Gasteiger partial charge in [-0.25, -0.2) is 0 Å². The third-order valence-corrected chi connectivity index (χ3v) is 8.70. The number of carbonyl (C=O) groups excluding carboxylic acids is 1. The van der Waals surface area contributed by atoms with Gasteiger partial charge >= 0.3 is 0 Å². The zero-order valence-electron chi connectivity index (χ0n) is 17.6. The highest BCUT2D eigenvalue weighted by Crippen LogP contribution is 2.42. The van der Waals surface area contributed by atoms with Crippen molar-refractivity contribution in [3.63, 3.8) is 0 Å². The summed E-state index contributed by atoms with van der Waals surface area (Å²) in [5.41, 5.74) is 1.44. The van der Waals surface area contributed by atoms with E-state index in [0.717, 1.165) is 38.9 Å². The molecule has 0 bridgehead atoms. The van der Waals surface area contributed by atoms with Crippen LogP contribution in [0.3, 0.4) is 0 Å². The maximum Gasteiger partial charge on any atom is 0.187 e. The second-order valence-electron chi connectivity index (χ2n) is 9.05. The van der Waals surface area contributed by atoms with Crippen molar-refractivity contribution in [1.82, 2.24) is 0 Å². The second kappa shape index (κ2) is 11.6. The number of likely N-dealkylation sites (tertiary alicyclic amines) is 2. The maximum atomic E-state index is 14.0. The fourth-order valence-corrected chi connectivity index (χ4v) is 6.54. The Bertz CT molecular complexity index is 727. The second-order valence-corrected chi connectivity index (χ2v) is 10.7. The van der Waals surface area contributed by atoms with E-state index < -0.39 is 5.41 Å². The number of nitrogens with one attached hydrogen (secondary N) is 2. The van der Waals surface area contributed by atoms with E-state index in [2.05, 4.69) is 31.9 Å². The number of benzene rings is 1. The lowest BCUT2D eigenvalue weighted by atomic mass is 9.77. The molecular weight excluding hydrogens is 644 g/mol. The van der Waals surface area contributed by atoms with Crippen LogP contribution in [-0.2, 0) is 0 Å². The van der Waals surface area contributed by atoms with Gasteiger partial charge in [-0.1, -0.05) is 15.9 Å². The summed E-state index contributed by atoms with van der Waals surface area (Å²) < 4.78 is 8.23. The van der Waals surface area contributed by atoms with Crippen molar-refractivity contribution in [2.45, 2.75) is 45.4 Å². The van der Waals surface area contributed by atoms with Gasteiger partial charge in [-0.3, -0.25) is 4.79 Å². The van der Waals surface area contributed by atoms with E-state index in [9.17, 15) is 4.79 Å². The molecule has 8 heteroatoms. The van der Waals surface area contributed by atoms with Crippen LogP contribution in [0, 0.1) is 12.3 Å².